The minimum Gasteiger partial charge on any atom is -0.432 e. The van der Waals surface area contributed by atoms with Crippen molar-refractivity contribution in [3.63, 3.8) is 0 Å². The van der Waals surface area contributed by atoms with Gasteiger partial charge in [0.15, 0.2) is 5.82 Å². The molecule has 0 aliphatic heterocycles. The number of ether oxygens (including phenoxy) is 2. The van der Waals surface area contributed by atoms with Gasteiger partial charge in [0.1, 0.15) is 12.4 Å². The first kappa shape index (κ1) is 14.7. The Labute approximate surface area is 120 Å². The van der Waals surface area contributed by atoms with Crippen LogP contribution in [-0.2, 0) is 11.3 Å². The first-order chi connectivity index (χ1) is 10.1. The fraction of sp³-hybridized carbons (Fsp3) is 0.231. The monoisotopic (exact) mass is 290 g/mol. The summed E-state index contributed by atoms with van der Waals surface area (Å²) in [4.78, 5) is 18.5. The second-order valence-electron chi connectivity index (χ2n) is 4.01. The van der Waals surface area contributed by atoms with Crippen molar-refractivity contribution in [2.24, 2.45) is 0 Å². The van der Waals surface area contributed by atoms with Crippen LogP contribution in [0.15, 0.2) is 30.3 Å². The lowest BCUT2D eigenvalue weighted by Gasteiger charge is -2.07. The molecule has 0 aliphatic carbocycles. The fourth-order valence-corrected chi connectivity index (χ4v) is 1.61. The molecule has 1 aromatic heterocycles. The highest BCUT2D eigenvalue weighted by molar-refractivity contribution is 5.48. The van der Waals surface area contributed by atoms with Crippen molar-refractivity contribution in [3.05, 3.63) is 46.3 Å². The number of hydrogen-bond donors (Lipinski definition) is 1. The van der Waals surface area contributed by atoms with Gasteiger partial charge in [-0.2, -0.15) is 4.98 Å². The third kappa shape index (κ3) is 3.86. The molecular weight excluding hydrogens is 276 g/mol. The summed E-state index contributed by atoms with van der Waals surface area (Å²) in [7, 11) is 0. The molecular formula is C13H14N4O4. The molecule has 1 aromatic carbocycles. The number of rotatable bonds is 6. The van der Waals surface area contributed by atoms with E-state index in [0.717, 1.165) is 0 Å². The first-order valence-corrected chi connectivity index (χ1v) is 6.22. The number of hydrogen-bond acceptors (Lipinski definition) is 7. The molecule has 2 aromatic rings. The van der Waals surface area contributed by atoms with Crippen LogP contribution in [0, 0.1) is 10.1 Å². The summed E-state index contributed by atoms with van der Waals surface area (Å²) in [5, 5.41) is 10.9. The summed E-state index contributed by atoms with van der Waals surface area (Å²) >= 11 is 0. The average Bonchev–Trinajstić information content (AvgIpc) is 2.45. The minimum absolute atomic E-state index is 0.0861. The highest BCUT2D eigenvalue weighted by Gasteiger charge is 2.15. The van der Waals surface area contributed by atoms with Gasteiger partial charge in [0.05, 0.1) is 4.92 Å². The van der Waals surface area contributed by atoms with Crippen LogP contribution in [-0.4, -0.2) is 21.5 Å². The largest absolute Gasteiger partial charge is 0.432 e. The molecule has 0 radical (unpaired) electrons. The SMILES string of the molecule is CCOCc1nc(N)cc(Oc2ccccc2[N+](=O)[O-])n1. The van der Waals surface area contributed by atoms with Gasteiger partial charge < -0.3 is 15.2 Å². The molecule has 0 unspecified atom stereocenters. The smallest absolute Gasteiger partial charge is 0.311 e. The van der Waals surface area contributed by atoms with Crippen LogP contribution in [0.25, 0.3) is 0 Å². The second kappa shape index (κ2) is 6.62. The first-order valence-electron chi connectivity index (χ1n) is 6.22. The summed E-state index contributed by atoms with van der Waals surface area (Å²) in [5.74, 6) is 0.771. The molecule has 2 rings (SSSR count). The Hall–Kier alpha value is -2.74. The molecule has 0 saturated carbocycles. The molecule has 2 N–H and O–H groups in total. The molecule has 21 heavy (non-hydrogen) atoms. The van der Waals surface area contributed by atoms with Crippen LogP contribution >= 0.6 is 0 Å². The van der Waals surface area contributed by atoms with E-state index in [-0.39, 0.29) is 29.7 Å². The van der Waals surface area contributed by atoms with E-state index in [1.165, 1.54) is 18.2 Å². The van der Waals surface area contributed by atoms with Crippen LogP contribution in [0.3, 0.4) is 0 Å². The van der Waals surface area contributed by atoms with E-state index in [9.17, 15) is 10.1 Å². The van der Waals surface area contributed by atoms with Gasteiger partial charge in [0, 0.05) is 18.7 Å². The molecule has 0 fully saturated rings. The summed E-state index contributed by atoms with van der Waals surface area (Å²) in [5.41, 5.74) is 5.51. The molecule has 0 bridgehead atoms. The Morgan fingerprint density at radius 2 is 2.10 bits per heavy atom. The predicted octanol–water partition coefficient (Wildman–Crippen LogP) is 2.30. The van der Waals surface area contributed by atoms with Gasteiger partial charge in [-0.3, -0.25) is 10.1 Å². The Balaban J connectivity index is 2.27. The quantitative estimate of drug-likeness (QED) is 0.641. The van der Waals surface area contributed by atoms with Crippen molar-refractivity contribution < 1.29 is 14.4 Å². The summed E-state index contributed by atoms with van der Waals surface area (Å²) in [6.07, 6.45) is 0. The minimum atomic E-state index is -0.527. The van der Waals surface area contributed by atoms with Crippen LogP contribution in [0.2, 0.25) is 0 Å². The van der Waals surface area contributed by atoms with E-state index in [1.807, 2.05) is 6.92 Å². The third-order valence-corrected chi connectivity index (χ3v) is 2.48. The predicted molar refractivity (Wildman–Crippen MR) is 74.9 cm³/mol. The maximum Gasteiger partial charge on any atom is 0.311 e. The second-order valence-corrected chi connectivity index (χ2v) is 4.01. The van der Waals surface area contributed by atoms with Crippen molar-refractivity contribution in [2.75, 3.05) is 12.3 Å². The van der Waals surface area contributed by atoms with Gasteiger partial charge in [-0.25, -0.2) is 4.98 Å². The number of nitro benzene ring substituents is 1. The number of nitrogen functional groups attached to an aromatic ring is 1. The third-order valence-electron chi connectivity index (χ3n) is 2.48. The molecule has 8 heteroatoms. The number of nitro groups is 1. The van der Waals surface area contributed by atoms with E-state index in [0.29, 0.717) is 12.4 Å². The van der Waals surface area contributed by atoms with E-state index >= 15 is 0 Å². The number of nitrogens with zero attached hydrogens (tertiary/aromatic N) is 3. The Morgan fingerprint density at radius 1 is 1.33 bits per heavy atom. The molecule has 0 saturated heterocycles. The zero-order valence-corrected chi connectivity index (χ0v) is 11.4. The zero-order chi connectivity index (χ0) is 15.2. The van der Waals surface area contributed by atoms with Crippen molar-refractivity contribution in [3.8, 4) is 11.6 Å². The molecule has 0 aliphatic rings. The lowest BCUT2D eigenvalue weighted by Crippen LogP contribution is -2.04. The maximum absolute atomic E-state index is 10.9. The van der Waals surface area contributed by atoms with Gasteiger partial charge in [-0.05, 0) is 13.0 Å². The van der Waals surface area contributed by atoms with Crippen molar-refractivity contribution >= 4 is 11.5 Å². The highest BCUT2D eigenvalue weighted by atomic mass is 16.6. The number of benzene rings is 1. The summed E-state index contributed by atoms with van der Waals surface area (Å²) in [6, 6.07) is 7.42. The Kier molecular flexibility index (Phi) is 4.62. The summed E-state index contributed by atoms with van der Waals surface area (Å²) in [6.45, 7) is 2.55. The van der Waals surface area contributed by atoms with Crippen LogP contribution in [0.4, 0.5) is 11.5 Å². The Morgan fingerprint density at radius 3 is 2.81 bits per heavy atom. The number of anilines is 1. The van der Waals surface area contributed by atoms with Gasteiger partial charge >= 0.3 is 5.69 Å². The van der Waals surface area contributed by atoms with Crippen LogP contribution < -0.4 is 10.5 Å². The standard InChI is InChI=1S/C13H14N4O4/c1-2-20-8-12-15-11(14)7-13(16-12)21-10-6-4-3-5-9(10)17(18)19/h3-7H,2,8H2,1H3,(H2,14,15,16). The lowest BCUT2D eigenvalue weighted by molar-refractivity contribution is -0.385. The van der Waals surface area contributed by atoms with Gasteiger partial charge in [-0.15, -0.1) is 0 Å². The molecule has 0 atom stereocenters. The highest BCUT2D eigenvalue weighted by Crippen LogP contribution is 2.30. The van der Waals surface area contributed by atoms with Crippen molar-refractivity contribution in [2.45, 2.75) is 13.5 Å². The number of para-hydroxylation sites is 2. The van der Waals surface area contributed by atoms with E-state index < -0.39 is 4.92 Å². The maximum atomic E-state index is 10.9. The Bertz CT molecular complexity index is 648. The van der Waals surface area contributed by atoms with Gasteiger partial charge in [0.2, 0.25) is 11.6 Å². The zero-order valence-electron chi connectivity index (χ0n) is 11.4. The normalized spacial score (nSPS) is 10.3. The molecule has 0 amide bonds. The topological polar surface area (TPSA) is 113 Å². The molecule has 8 nitrogen and oxygen atoms in total. The van der Waals surface area contributed by atoms with Crippen molar-refractivity contribution in [1.82, 2.24) is 9.97 Å². The van der Waals surface area contributed by atoms with E-state index in [2.05, 4.69) is 9.97 Å². The van der Waals surface area contributed by atoms with Crippen LogP contribution in [0.5, 0.6) is 11.6 Å². The van der Waals surface area contributed by atoms with Gasteiger partial charge in [-0.1, -0.05) is 12.1 Å². The molecule has 110 valence electrons. The van der Waals surface area contributed by atoms with Crippen molar-refractivity contribution in [1.29, 1.82) is 0 Å². The molecule has 1 heterocycles. The molecule has 0 spiro atoms. The average molecular weight is 290 g/mol. The number of nitrogens with two attached hydrogens (primary N) is 1. The fourth-order valence-electron chi connectivity index (χ4n) is 1.61. The lowest BCUT2D eigenvalue weighted by atomic mass is 10.3. The summed E-state index contributed by atoms with van der Waals surface area (Å²) < 4.78 is 10.6. The number of aromatic nitrogens is 2. The van der Waals surface area contributed by atoms with Crippen LogP contribution in [0.1, 0.15) is 12.7 Å². The van der Waals surface area contributed by atoms with E-state index in [4.69, 9.17) is 15.2 Å². The van der Waals surface area contributed by atoms with Gasteiger partial charge in [0.25, 0.3) is 0 Å². The van der Waals surface area contributed by atoms with E-state index in [1.54, 1.807) is 12.1 Å².